The van der Waals surface area contributed by atoms with Crippen LogP contribution in [-0.4, -0.2) is 19.6 Å². The molecule has 0 aliphatic heterocycles. The molecule has 1 N–H and O–H groups in total. The van der Waals surface area contributed by atoms with E-state index >= 15 is 0 Å². The fourth-order valence-electron chi connectivity index (χ4n) is 3.27. The molecule has 1 fully saturated rings. The summed E-state index contributed by atoms with van der Waals surface area (Å²) in [6.07, 6.45) is 1.78. The largest absolute Gasteiger partial charge is 0.376 e. The Bertz CT molecular complexity index is 793. The number of hydrogen-bond donors (Lipinski definition) is 1. The highest BCUT2D eigenvalue weighted by atomic mass is 32.2. The van der Waals surface area contributed by atoms with Crippen molar-refractivity contribution in [1.29, 1.82) is 0 Å². The molecule has 1 aliphatic carbocycles. The minimum atomic E-state index is -4.17. The van der Waals surface area contributed by atoms with Gasteiger partial charge in [-0.2, -0.15) is 8.42 Å². The van der Waals surface area contributed by atoms with Crippen LogP contribution in [0.25, 0.3) is 0 Å². The van der Waals surface area contributed by atoms with Gasteiger partial charge < -0.3 is 4.74 Å². The van der Waals surface area contributed by atoms with E-state index in [1.165, 1.54) is 6.07 Å². The summed E-state index contributed by atoms with van der Waals surface area (Å²) in [5.74, 6) is 0.612. The van der Waals surface area contributed by atoms with Gasteiger partial charge in [-0.25, -0.2) is 0 Å². The number of ether oxygens (including phenoxy) is 1. The van der Waals surface area contributed by atoms with Gasteiger partial charge in [-0.15, -0.1) is 0 Å². The number of rotatable bonds is 6. The first-order valence-corrected chi connectivity index (χ1v) is 9.57. The van der Waals surface area contributed by atoms with E-state index in [9.17, 15) is 13.0 Å². The highest BCUT2D eigenvalue weighted by Crippen LogP contribution is 2.44. The second-order valence-corrected chi connectivity index (χ2v) is 7.94. The summed E-state index contributed by atoms with van der Waals surface area (Å²) in [5.41, 5.74) is 2.89. The predicted octanol–water partition coefficient (Wildman–Crippen LogP) is 3.95. The minimum Gasteiger partial charge on any atom is -0.376 e. The first-order valence-electron chi connectivity index (χ1n) is 8.13. The minimum absolute atomic E-state index is 0.0433. The van der Waals surface area contributed by atoms with E-state index in [0.29, 0.717) is 19.1 Å². The van der Waals surface area contributed by atoms with Crippen LogP contribution < -0.4 is 0 Å². The normalized spacial score (nSPS) is 20.6. The molecule has 0 amide bonds. The van der Waals surface area contributed by atoms with Gasteiger partial charge in [0.05, 0.1) is 11.5 Å². The molecule has 0 saturated heterocycles. The van der Waals surface area contributed by atoms with Crippen molar-refractivity contribution in [2.24, 2.45) is 5.92 Å². The Kier molecular flexibility index (Phi) is 5.04. The van der Waals surface area contributed by atoms with Crippen LogP contribution in [0.1, 0.15) is 35.4 Å². The summed E-state index contributed by atoms with van der Waals surface area (Å²) in [7, 11) is -4.17. The molecule has 128 valence electrons. The van der Waals surface area contributed by atoms with E-state index < -0.39 is 10.1 Å². The van der Waals surface area contributed by atoms with Crippen LogP contribution in [0.5, 0.6) is 0 Å². The maximum absolute atomic E-state index is 11.6. The maximum Gasteiger partial charge on any atom is 0.294 e. The molecule has 2 aromatic carbocycles. The first-order chi connectivity index (χ1) is 11.4. The van der Waals surface area contributed by atoms with Gasteiger partial charge >= 0.3 is 0 Å². The fraction of sp³-hybridized carbons (Fsp3) is 0.368. The number of hydrogen-bond acceptors (Lipinski definition) is 3. The Balaban J connectivity index is 1.56. The van der Waals surface area contributed by atoms with Gasteiger partial charge in [-0.1, -0.05) is 48.0 Å². The molecule has 0 bridgehead atoms. The second-order valence-electron chi connectivity index (χ2n) is 6.55. The van der Waals surface area contributed by atoms with E-state index in [2.05, 4.69) is 0 Å². The topological polar surface area (TPSA) is 63.6 Å². The van der Waals surface area contributed by atoms with Crippen LogP contribution in [0, 0.1) is 12.8 Å². The number of benzene rings is 2. The zero-order valence-corrected chi connectivity index (χ0v) is 14.5. The Hall–Kier alpha value is -1.69. The monoisotopic (exact) mass is 346 g/mol. The lowest BCUT2D eigenvalue weighted by Crippen LogP contribution is -2.27. The summed E-state index contributed by atoms with van der Waals surface area (Å²) in [6, 6.07) is 15.1. The Morgan fingerprint density at radius 2 is 1.83 bits per heavy atom. The highest BCUT2D eigenvalue weighted by Gasteiger charge is 2.33. The van der Waals surface area contributed by atoms with Gasteiger partial charge in [0.1, 0.15) is 0 Å². The van der Waals surface area contributed by atoms with Gasteiger partial charge in [-0.3, -0.25) is 4.55 Å². The lowest BCUT2D eigenvalue weighted by Gasteiger charge is -2.36. The molecule has 5 heteroatoms. The van der Waals surface area contributed by atoms with E-state index in [1.54, 1.807) is 6.07 Å². The first kappa shape index (κ1) is 17.1. The maximum atomic E-state index is 11.6. The van der Waals surface area contributed by atoms with Crippen LogP contribution in [0.3, 0.4) is 0 Å². The van der Waals surface area contributed by atoms with E-state index in [4.69, 9.17) is 4.74 Å². The molecule has 4 nitrogen and oxygen atoms in total. The van der Waals surface area contributed by atoms with Crippen molar-refractivity contribution in [3.63, 3.8) is 0 Å². The van der Waals surface area contributed by atoms with Crippen LogP contribution >= 0.6 is 0 Å². The van der Waals surface area contributed by atoms with Gasteiger partial charge in [0.2, 0.25) is 0 Å². The molecule has 0 atom stereocenters. The zero-order valence-electron chi connectivity index (χ0n) is 13.7. The molecule has 0 aromatic heterocycles. The van der Waals surface area contributed by atoms with Crippen LogP contribution in [0.4, 0.5) is 0 Å². The summed E-state index contributed by atoms with van der Waals surface area (Å²) >= 11 is 0. The standard InChI is InChI=1S/C19H22O4S/c1-14-7-8-19(24(20,21)22)18(9-14)17-10-16(11-17)13-23-12-15-5-3-2-4-6-15/h2-9,16-17H,10-13H2,1H3,(H,20,21,22). The van der Waals surface area contributed by atoms with Crippen LogP contribution in [0.15, 0.2) is 53.4 Å². The predicted molar refractivity (Wildman–Crippen MR) is 92.6 cm³/mol. The van der Waals surface area contributed by atoms with E-state index in [-0.39, 0.29) is 10.8 Å². The zero-order chi connectivity index (χ0) is 17.2. The van der Waals surface area contributed by atoms with Crippen LogP contribution in [0.2, 0.25) is 0 Å². The third-order valence-corrected chi connectivity index (χ3v) is 5.51. The Morgan fingerprint density at radius 3 is 2.50 bits per heavy atom. The van der Waals surface area contributed by atoms with Crippen molar-refractivity contribution in [3.8, 4) is 0 Å². The van der Waals surface area contributed by atoms with Gasteiger partial charge in [0.25, 0.3) is 10.1 Å². The lowest BCUT2D eigenvalue weighted by atomic mass is 9.71. The lowest BCUT2D eigenvalue weighted by molar-refractivity contribution is 0.0504. The molecule has 24 heavy (non-hydrogen) atoms. The van der Waals surface area contributed by atoms with Crippen molar-refractivity contribution in [2.45, 2.75) is 37.2 Å². The Morgan fingerprint density at radius 1 is 1.12 bits per heavy atom. The molecule has 0 heterocycles. The number of aryl methyl sites for hydroxylation is 1. The molecule has 3 rings (SSSR count). The molecule has 2 aromatic rings. The van der Waals surface area contributed by atoms with Crippen molar-refractivity contribution in [3.05, 3.63) is 65.2 Å². The Labute approximate surface area is 143 Å². The fourth-order valence-corrected chi connectivity index (χ4v) is 4.03. The summed E-state index contributed by atoms with van der Waals surface area (Å²) in [4.78, 5) is 0.0433. The van der Waals surface area contributed by atoms with Crippen molar-refractivity contribution >= 4 is 10.1 Å². The molecule has 0 radical (unpaired) electrons. The smallest absolute Gasteiger partial charge is 0.294 e. The molecular weight excluding hydrogens is 324 g/mol. The highest BCUT2D eigenvalue weighted by molar-refractivity contribution is 7.85. The molecule has 1 saturated carbocycles. The van der Waals surface area contributed by atoms with E-state index in [0.717, 1.165) is 29.5 Å². The summed E-state index contributed by atoms with van der Waals surface area (Å²) < 4.78 is 38.3. The third-order valence-electron chi connectivity index (χ3n) is 4.58. The van der Waals surface area contributed by atoms with Crippen LogP contribution in [-0.2, 0) is 21.5 Å². The van der Waals surface area contributed by atoms with Gasteiger partial charge in [0, 0.05) is 6.61 Å². The summed E-state index contributed by atoms with van der Waals surface area (Å²) in [5, 5.41) is 0. The van der Waals surface area contributed by atoms with E-state index in [1.807, 2.05) is 43.3 Å². The SMILES string of the molecule is Cc1ccc(S(=O)(=O)O)c(C2CC(COCc3ccccc3)C2)c1. The van der Waals surface area contributed by atoms with Gasteiger partial charge in [-0.05, 0) is 48.8 Å². The summed E-state index contributed by atoms with van der Waals surface area (Å²) in [6.45, 7) is 3.21. The van der Waals surface area contributed by atoms with Crippen molar-refractivity contribution in [1.82, 2.24) is 0 Å². The quantitative estimate of drug-likeness (QED) is 0.804. The van der Waals surface area contributed by atoms with Crippen molar-refractivity contribution < 1.29 is 17.7 Å². The molecular formula is C19H22O4S. The molecule has 0 spiro atoms. The average Bonchev–Trinajstić information content (AvgIpc) is 2.49. The second kappa shape index (κ2) is 7.05. The van der Waals surface area contributed by atoms with Crippen molar-refractivity contribution in [2.75, 3.05) is 6.61 Å². The third kappa shape index (κ3) is 4.04. The van der Waals surface area contributed by atoms with Gasteiger partial charge in [0.15, 0.2) is 0 Å². The molecule has 0 unspecified atom stereocenters. The molecule has 1 aliphatic rings. The average molecular weight is 346 g/mol.